The summed E-state index contributed by atoms with van der Waals surface area (Å²) in [5.74, 6) is -4.51. The fourth-order valence-electron chi connectivity index (χ4n) is 4.75. The van der Waals surface area contributed by atoms with Crippen molar-refractivity contribution in [3.05, 3.63) is 118 Å². The molecule has 4 aromatic carbocycles. The number of anilines is 2. The first kappa shape index (κ1) is 45.3. The lowest BCUT2D eigenvalue weighted by atomic mass is 10.1. The molecule has 14 nitrogen and oxygen atoms in total. The van der Waals surface area contributed by atoms with Crippen LogP contribution in [0.15, 0.2) is 97.1 Å². The average Bonchev–Trinajstić information content (AvgIpc) is 3.16. The molecule has 0 unspecified atom stereocenters. The minimum Gasteiger partial charge on any atom is -0.480 e. The van der Waals surface area contributed by atoms with Crippen LogP contribution >= 0.6 is 44.8 Å². The highest BCUT2D eigenvalue weighted by molar-refractivity contribution is 8.76. The van der Waals surface area contributed by atoms with Crippen LogP contribution in [0, 0.1) is 0 Å². The molecule has 58 heavy (non-hydrogen) atoms. The monoisotopic (exact) mass is 870 g/mol. The molecule has 0 aliphatic carbocycles. The number of benzene rings is 4. The Kier molecular flexibility index (Phi) is 15.9. The van der Waals surface area contributed by atoms with Gasteiger partial charge in [-0.05, 0) is 125 Å². The van der Waals surface area contributed by atoms with Crippen molar-refractivity contribution in [2.45, 2.75) is 51.0 Å². The predicted octanol–water partition coefficient (Wildman–Crippen LogP) is 7.03. The number of carbonyl (C=O) groups excluding carboxylic acids is 4. The predicted molar refractivity (Wildman–Crippen MR) is 225 cm³/mol. The van der Waals surface area contributed by atoms with Crippen molar-refractivity contribution < 1.29 is 48.5 Å². The molecule has 0 fully saturated rings. The van der Waals surface area contributed by atoms with E-state index in [1.807, 2.05) is 0 Å². The molecule has 0 saturated carbocycles. The number of ether oxygens (including phenoxy) is 2. The molecule has 4 aromatic rings. The zero-order valence-electron chi connectivity index (χ0n) is 31.5. The van der Waals surface area contributed by atoms with E-state index in [1.54, 1.807) is 97.1 Å². The molecule has 0 saturated heterocycles. The Bertz CT molecular complexity index is 1950. The normalized spacial score (nSPS) is 12.3. The molecule has 4 rings (SSSR count). The molecule has 4 amide bonds. The lowest BCUT2D eigenvalue weighted by molar-refractivity contribution is -0.144. The van der Waals surface area contributed by atoms with Crippen molar-refractivity contribution >= 4 is 91.7 Å². The summed E-state index contributed by atoms with van der Waals surface area (Å²) in [6, 6.07) is 22.5. The number of carbonyl (C=O) groups is 6. The minimum absolute atomic E-state index is 0.144. The van der Waals surface area contributed by atoms with Gasteiger partial charge in [0.2, 0.25) is 0 Å². The Hall–Kier alpha value is -5.42. The quantitative estimate of drug-likeness (QED) is 0.0415. The molecule has 0 aliphatic heterocycles. The van der Waals surface area contributed by atoms with Crippen molar-refractivity contribution in [3.63, 3.8) is 0 Å². The number of carboxylic acid groups (broad SMARTS) is 2. The number of aliphatic carboxylic acids is 2. The molecule has 0 aromatic heterocycles. The third kappa shape index (κ3) is 13.6. The number of rotatable bonds is 19. The van der Waals surface area contributed by atoms with Crippen molar-refractivity contribution in [3.8, 4) is 11.5 Å². The van der Waals surface area contributed by atoms with Gasteiger partial charge in [-0.1, -0.05) is 44.8 Å². The molecule has 0 bridgehead atoms. The van der Waals surface area contributed by atoms with Crippen LogP contribution in [0.25, 0.3) is 0 Å². The van der Waals surface area contributed by atoms with Crippen molar-refractivity contribution in [1.29, 1.82) is 0 Å². The van der Waals surface area contributed by atoms with E-state index in [0.717, 1.165) is 21.6 Å². The van der Waals surface area contributed by atoms with Gasteiger partial charge >= 0.3 is 11.9 Å². The first-order chi connectivity index (χ1) is 27.3. The molecular weight excluding hydrogens is 831 g/mol. The van der Waals surface area contributed by atoms with Crippen LogP contribution in [0.1, 0.15) is 48.4 Å². The molecular formula is C40H40Cl2N4O10S2. The van der Waals surface area contributed by atoms with Gasteiger partial charge in [-0.2, -0.15) is 0 Å². The first-order valence-electron chi connectivity index (χ1n) is 17.4. The molecule has 0 heterocycles. The highest BCUT2D eigenvalue weighted by atomic mass is 35.5. The zero-order chi connectivity index (χ0) is 42.6. The van der Waals surface area contributed by atoms with E-state index in [-0.39, 0.29) is 34.8 Å². The molecule has 6 N–H and O–H groups in total. The van der Waals surface area contributed by atoms with Crippen LogP contribution in [0.3, 0.4) is 0 Å². The topological polar surface area (TPSA) is 209 Å². The van der Waals surface area contributed by atoms with Crippen LogP contribution in [0.4, 0.5) is 11.4 Å². The summed E-state index contributed by atoms with van der Waals surface area (Å²) in [6.07, 6.45) is 0. The highest BCUT2D eigenvalue weighted by Gasteiger charge is 2.35. The number of halogens is 2. The van der Waals surface area contributed by atoms with Crippen molar-refractivity contribution in [2.24, 2.45) is 0 Å². The summed E-state index contributed by atoms with van der Waals surface area (Å²) in [5.41, 5.74) is -1.26. The minimum atomic E-state index is -1.51. The summed E-state index contributed by atoms with van der Waals surface area (Å²) in [4.78, 5) is 75.3. The smallest absolute Gasteiger partial charge is 0.327 e. The maximum Gasteiger partial charge on any atom is 0.327 e. The Morgan fingerprint density at radius 2 is 0.862 bits per heavy atom. The van der Waals surface area contributed by atoms with Crippen LogP contribution in [-0.4, -0.2) is 80.6 Å². The Labute approximate surface area is 352 Å². The summed E-state index contributed by atoms with van der Waals surface area (Å²) >= 11 is 11.8. The fraction of sp³-hybridized carbons (Fsp3) is 0.250. The van der Waals surface area contributed by atoms with E-state index in [2.05, 4.69) is 21.3 Å². The molecule has 0 aliphatic rings. The number of hydrogen-bond donors (Lipinski definition) is 6. The summed E-state index contributed by atoms with van der Waals surface area (Å²) < 4.78 is 11.7. The van der Waals surface area contributed by atoms with Crippen LogP contribution < -0.4 is 30.7 Å². The van der Waals surface area contributed by atoms with E-state index in [0.29, 0.717) is 32.5 Å². The Balaban J connectivity index is 1.23. The third-order valence-corrected chi connectivity index (χ3v) is 11.0. The van der Waals surface area contributed by atoms with E-state index < -0.39 is 47.0 Å². The van der Waals surface area contributed by atoms with E-state index in [1.165, 1.54) is 27.7 Å². The van der Waals surface area contributed by atoms with Crippen LogP contribution in [-0.2, 0) is 19.2 Å². The maximum atomic E-state index is 13.1. The van der Waals surface area contributed by atoms with Crippen LogP contribution in [0.2, 0.25) is 10.0 Å². The third-order valence-electron chi connectivity index (χ3n) is 8.04. The van der Waals surface area contributed by atoms with Gasteiger partial charge in [0.1, 0.15) is 23.6 Å². The van der Waals surface area contributed by atoms with Gasteiger partial charge in [0, 0.05) is 44.1 Å². The first-order valence-corrected chi connectivity index (χ1v) is 20.6. The highest BCUT2D eigenvalue weighted by Crippen LogP contribution is 2.26. The summed E-state index contributed by atoms with van der Waals surface area (Å²) in [5, 5.41) is 31.0. The lowest BCUT2D eigenvalue weighted by Gasteiger charge is -2.27. The SMILES string of the molecule is CC(C)(Oc1ccc(NC(=O)c2ccc(Cl)cc2)cc1)C(=O)N[C@@H](CSSC[C@H](NC(=O)C(C)(C)Oc1ccc(NC(=O)c2ccc(Cl)cc2)cc1)C(=O)O)C(=O)O. The van der Waals surface area contributed by atoms with E-state index in [4.69, 9.17) is 32.7 Å². The van der Waals surface area contributed by atoms with Crippen molar-refractivity contribution in [2.75, 3.05) is 22.1 Å². The molecule has 0 spiro atoms. The molecule has 2 atom stereocenters. The lowest BCUT2D eigenvalue weighted by Crippen LogP contribution is -2.53. The Morgan fingerprint density at radius 3 is 1.16 bits per heavy atom. The molecule has 0 radical (unpaired) electrons. The summed E-state index contributed by atoms with van der Waals surface area (Å²) in [7, 11) is 1.99. The number of carboxylic acids is 2. The summed E-state index contributed by atoms with van der Waals surface area (Å²) in [6.45, 7) is 5.85. The van der Waals surface area contributed by atoms with Gasteiger partial charge in [0.15, 0.2) is 11.2 Å². The Morgan fingerprint density at radius 1 is 0.552 bits per heavy atom. The van der Waals surface area contributed by atoms with Gasteiger partial charge in [-0.25, -0.2) is 9.59 Å². The maximum absolute atomic E-state index is 13.1. The van der Waals surface area contributed by atoms with Gasteiger partial charge in [-0.15, -0.1) is 0 Å². The number of nitrogens with one attached hydrogen (secondary N) is 4. The van der Waals surface area contributed by atoms with E-state index >= 15 is 0 Å². The second-order valence-electron chi connectivity index (χ2n) is 13.5. The molecule has 18 heteroatoms. The number of hydrogen-bond acceptors (Lipinski definition) is 10. The zero-order valence-corrected chi connectivity index (χ0v) is 34.7. The van der Waals surface area contributed by atoms with Gasteiger partial charge in [-0.3, -0.25) is 19.2 Å². The number of amides is 4. The second-order valence-corrected chi connectivity index (χ2v) is 16.9. The largest absolute Gasteiger partial charge is 0.480 e. The van der Waals surface area contributed by atoms with Crippen LogP contribution in [0.5, 0.6) is 11.5 Å². The van der Waals surface area contributed by atoms with Gasteiger partial charge in [0.25, 0.3) is 23.6 Å². The fourth-order valence-corrected chi connectivity index (χ4v) is 7.31. The van der Waals surface area contributed by atoms with Gasteiger partial charge in [0.05, 0.1) is 0 Å². The molecule has 306 valence electrons. The van der Waals surface area contributed by atoms with Crippen molar-refractivity contribution in [1.82, 2.24) is 10.6 Å². The second kappa shape index (κ2) is 20.3. The van der Waals surface area contributed by atoms with E-state index in [9.17, 15) is 39.0 Å². The average molecular weight is 872 g/mol. The van der Waals surface area contributed by atoms with Gasteiger partial charge < -0.3 is 41.0 Å². The standard InChI is InChI=1S/C40H40Cl2N4O10S2/c1-39(2,55-29-17-13-27(14-18-29)43-33(47)23-5-9-25(41)10-6-23)37(53)45-31(35(49)50)21-57-58-22-32(36(51)52)46-38(54)40(3,4)56-30-19-15-28(16-20-30)44-34(48)24-7-11-26(42)12-8-24/h5-20,31-32H,21-22H2,1-4H3,(H,43,47)(H,44,48)(H,45,53)(H,46,54)(H,49,50)(H,51,52)/t31-,32-/m0/s1.